The zero-order chi connectivity index (χ0) is 14.4. The monoisotopic (exact) mass is 294 g/mol. The molecule has 1 aromatic rings. The van der Waals surface area contributed by atoms with Crippen molar-refractivity contribution in [1.29, 1.82) is 0 Å². The van der Waals surface area contributed by atoms with Gasteiger partial charge in [0.15, 0.2) is 5.78 Å². The first kappa shape index (κ1) is 15.2. The van der Waals surface area contributed by atoms with Crippen LogP contribution in [0.2, 0.25) is 0 Å². The number of amides is 1. The van der Waals surface area contributed by atoms with E-state index in [4.69, 9.17) is 0 Å². The number of hydrogen-bond acceptors (Lipinski definition) is 4. The predicted octanol–water partition coefficient (Wildman–Crippen LogP) is 2.31. The van der Waals surface area contributed by atoms with Crippen molar-refractivity contribution in [1.82, 2.24) is 10.2 Å². The van der Waals surface area contributed by atoms with Crippen molar-refractivity contribution in [3.05, 3.63) is 22.4 Å². The van der Waals surface area contributed by atoms with Gasteiger partial charge in [0, 0.05) is 32.0 Å². The van der Waals surface area contributed by atoms with Crippen LogP contribution in [0.5, 0.6) is 0 Å². The molecule has 20 heavy (non-hydrogen) atoms. The fraction of sp³-hybridized carbons (Fsp3) is 0.600. The number of nitrogens with zero attached hydrogens (tertiary/aromatic N) is 1. The van der Waals surface area contributed by atoms with Gasteiger partial charge in [0.1, 0.15) is 0 Å². The third kappa shape index (κ3) is 3.90. The van der Waals surface area contributed by atoms with Gasteiger partial charge >= 0.3 is 0 Å². The van der Waals surface area contributed by atoms with Gasteiger partial charge in [-0.15, -0.1) is 11.3 Å². The van der Waals surface area contributed by atoms with E-state index in [0.29, 0.717) is 18.9 Å². The molecule has 5 heteroatoms. The summed E-state index contributed by atoms with van der Waals surface area (Å²) >= 11 is 1.44. The van der Waals surface area contributed by atoms with E-state index in [1.54, 1.807) is 0 Å². The summed E-state index contributed by atoms with van der Waals surface area (Å²) in [4.78, 5) is 27.0. The molecule has 0 saturated carbocycles. The molecular formula is C15H22N2O2S. The van der Waals surface area contributed by atoms with Gasteiger partial charge in [-0.25, -0.2) is 0 Å². The molecule has 1 aromatic heterocycles. The van der Waals surface area contributed by atoms with Crippen molar-refractivity contribution in [2.75, 3.05) is 19.6 Å². The average Bonchev–Trinajstić information content (AvgIpc) is 3.13. The van der Waals surface area contributed by atoms with E-state index in [2.05, 4.69) is 12.2 Å². The Morgan fingerprint density at radius 2 is 2.30 bits per heavy atom. The number of Topliss-reactive ketones (excluding diaryl/α,β-unsaturated/α-hetero) is 1. The molecule has 1 atom stereocenters. The average molecular weight is 294 g/mol. The topological polar surface area (TPSA) is 49.4 Å². The summed E-state index contributed by atoms with van der Waals surface area (Å²) in [7, 11) is 0. The lowest BCUT2D eigenvalue weighted by Crippen LogP contribution is -2.42. The normalized spacial score (nSPS) is 18.1. The number of nitrogens with one attached hydrogen (secondary N) is 1. The molecule has 0 radical (unpaired) electrons. The smallest absolute Gasteiger partial charge is 0.223 e. The van der Waals surface area contributed by atoms with Gasteiger partial charge in [-0.05, 0) is 30.8 Å². The third-order valence-electron chi connectivity index (χ3n) is 3.62. The summed E-state index contributed by atoms with van der Waals surface area (Å²) in [6, 6.07) is 3.99. The molecule has 0 bridgehead atoms. The standard InChI is InChI=1S/C15H22N2O2S/c1-2-9-17(12-7-8-16-11-12)15(19)6-5-13(18)14-4-3-10-20-14/h3-4,10,12,16H,2,5-9,11H2,1H3. The molecule has 1 amide bonds. The van der Waals surface area contributed by atoms with Gasteiger partial charge in [0.25, 0.3) is 0 Å². The molecular weight excluding hydrogens is 272 g/mol. The maximum Gasteiger partial charge on any atom is 0.223 e. The highest BCUT2D eigenvalue weighted by Gasteiger charge is 2.25. The lowest BCUT2D eigenvalue weighted by molar-refractivity contribution is -0.133. The van der Waals surface area contributed by atoms with Gasteiger partial charge in [-0.3, -0.25) is 9.59 Å². The summed E-state index contributed by atoms with van der Waals surface area (Å²) in [5, 5.41) is 5.19. The first-order valence-electron chi connectivity index (χ1n) is 7.29. The first-order valence-corrected chi connectivity index (χ1v) is 8.17. The molecule has 0 aliphatic carbocycles. The molecule has 2 rings (SSSR count). The second-order valence-corrected chi connectivity index (χ2v) is 6.08. The quantitative estimate of drug-likeness (QED) is 0.785. The van der Waals surface area contributed by atoms with Crippen LogP contribution in [-0.2, 0) is 4.79 Å². The van der Waals surface area contributed by atoms with E-state index in [9.17, 15) is 9.59 Å². The lowest BCUT2D eigenvalue weighted by Gasteiger charge is -2.28. The lowest BCUT2D eigenvalue weighted by atomic mass is 10.1. The first-order chi connectivity index (χ1) is 9.72. The number of thiophene rings is 1. The second-order valence-electron chi connectivity index (χ2n) is 5.13. The minimum absolute atomic E-state index is 0.0781. The minimum atomic E-state index is 0.0781. The zero-order valence-electron chi connectivity index (χ0n) is 11.9. The van der Waals surface area contributed by atoms with Crippen molar-refractivity contribution in [2.24, 2.45) is 0 Å². The Morgan fingerprint density at radius 3 is 2.90 bits per heavy atom. The fourth-order valence-corrected chi connectivity index (χ4v) is 3.28. The Balaban J connectivity index is 1.86. The van der Waals surface area contributed by atoms with Gasteiger partial charge < -0.3 is 10.2 Å². The van der Waals surface area contributed by atoms with Crippen LogP contribution in [0.3, 0.4) is 0 Å². The highest BCUT2D eigenvalue weighted by Crippen LogP contribution is 2.15. The molecule has 1 saturated heterocycles. The van der Waals surface area contributed by atoms with Crippen LogP contribution < -0.4 is 5.32 Å². The molecule has 0 spiro atoms. The third-order valence-corrected chi connectivity index (χ3v) is 4.53. The molecule has 1 fully saturated rings. The Labute approximate surface area is 124 Å². The van der Waals surface area contributed by atoms with E-state index < -0.39 is 0 Å². The second kappa shape index (κ2) is 7.55. The van der Waals surface area contributed by atoms with Crippen molar-refractivity contribution in [3.8, 4) is 0 Å². The maximum absolute atomic E-state index is 12.3. The van der Waals surface area contributed by atoms with E-state index in [1.807, 2.05) is 22.4 Å². The molecule has 1 unspecified atom stereocenters. The van der Waals surface area contributed by atoms with Gasteiger partial charge in [-0.2, -0.15) is 0 Å². The summed E-state index contributed by atoms with van der Waals surface area (Å²) in [6.07, 6.45) is 2.62. The van der Waals surface area contributed by atoms with Crippen LogP contribution in [0.1, 0.15) is 42.3 Å². The van der Waals surface area contributed by atoms with Crippen molar-refractivity contribution >= 4 is 23.0 Å². The predicted molar refractivity (Wildman–Crippen MR) is 81.2 cm³/mol. The van der Waals surface area contributed by atoms with Crippen molar-refractivity contribution < 1.29 is 9.59 Å². The van der Waals surface area contributed by atoms with Crippen molar-refractivity contribution in [3.63, 3.8) is 0 Å². The Bertz CT molecular complexity index is 439. The minimum Gasteiger partial charge on any atom is -0.338 e. The Hall–Kier alpha value is -1.20. The number of carbonyl (C=O) groups excluding carboxylic acids is 2. The summed E-state index contributed by atoms with van der Waals surface area (Å²) < 4.78 is 0. The zero-order valence-corrected chi connectivity index (χ0v) is 12.7. The molecule has 1 aliphatic heterocycles. The molecule has 1 N–H and O–H groups in total. The molecule has 4 nitrogen and oxygen atoms in total. The van der Waals surface area contributed by atoms with Crippen LogP contribution in [-0.4, -0.2) is 42.3 Å². The molecule has 1 aliphatic rings. The largest absolute Gasteiger partial charge is 0.338 e. The SMILES string of the molecule is CCCN(C(=O)CCC(=O)c1cccs1)C1CCNC1. The Kier molecular flexibility index (Phi) is 5.73. The van der Waals surface area contributed by atoms with Crippen LogP contribution in [0.25, 0.3) is 0 Å². The van der Waals surface area contributed by atoms with Gasteiger partial charge in [-0.1, -0.05) is 13.0 Å². The van der Waals surface area contributed by atoms with E-state index in [-0.39, 0.29) is 11.7 Å². The van der Waals surface area contributed by atoms with Crippen molar-refractivity contribution in [2.45, 2.75) is 38.6 Å². The number of ketones is 1. The molecule has 2 heterocycles. The number of carbonyl (C=O) groups is 2. The van der Waals surface area contributed by atoms with Crippen LogP contribution in [0.4, 0.5) is 0 Å². The fourth-order valence-electron chi connectivity index (χ4n) is 2.58. The summed E-state index contributed by atoms with van der Waals surface area (Å²) in [5.41, 5.74) is 0. The van der Waals surface area contributed by atoms with E-state index >= 15 is 0 Å². The van der Waals surface area contributed by atoms with Gasteiger partial charge in [0.2, 0.25) is 5.91 Å². The van der Waals surface area contributed by atoms with Crippen LogP contribution in [0, 0.1) is 0 Å². The number of rotatable bonds is 7. The highest BCUT2D eigenvalue weighted by molar-refractivity contribution is 7.12. The number of hydrogen-bond donors (Lipinski definition) is 1. The Morgan fingerprint density at radius 1 is 1.45 bits per heavy atom. The van der Waals surface area contributed by atoms with Crippen LogP contribution >= 0.6 is 11.3 Å². The van der Waals surface area contributed by atoms with E-state index in [1.165, 1.54) is 11.3 Å². The highest BCUT2D eigenvalue weighted by atomic mass is 32.1. The summed E-state index contributed by atoms with van der Waals surface area (Å²) in [6.45, 7) is 4.73. The maximum atomic E-state index is 12.3. The molecule has 0 aromatic carbocycles. The van der Waals surface area contributed by atoms with E-state index in [0.717, 1.165) is 37.4 Å². The van der Waals surface area contributed by atoms with Crippen LogP contribution in [0.15, 0.2) is 17.5 Å². The molecule has 110 valence electrons. The summed E-state index contributed by atoms with van der Waals surface area (Å²) in [5.74, 6) is 0.194. The van der Waals surface area contributed by atoms with Gasteiger partial charge in [0.05, 0.1) is 4.88 Å².